The van der Waals surface area contributed by atoms with Crippen LogP contribution >= 0.6 is 0 Å². The third-order valence-electron chi connectivity index (χ3n) is 6.18. The minimum Gasteiger partial charge on any atom is -0.463 e. The molecule has 0 spiro atoms. The topological polar surface area (TPSA) is 91.2 Å². The Hall–Kier alpha value is -2.57. The summed E-state index contributed by atoms with van der Waals surface area (Å²) in [6.07, 6.45) is 5.92. The second kappa shape index (κ2) is 6.00. The lowest BCUT2D eigenvalue weighted by Gasteiger charge is -2.26. The summed E-state index contributed by atoms with van der Waals surface area (Å²) in [6.45, 7) is 1.34. The maximum absolute atomic E-state index is 12.7. The van der Waals surface area contributed by atoms with E-state index in [1.165, 1.54) is 12.8 Å². The van der Waals surface area contributed by atoms with Gasteiger partial charge in [-0.25, -0.2) is 0 Å². The summed E-state index contributed by atoms with van der Waals surface area (Å²) in [5.41, 5.74) is 1.00. The molecule has 7 heteroatoms. The molecule has 2 N–H and O–H groups in total. The zero-order valence-corrected chi connectivity index (χ0v) is 14.5. The van der Waals surface area contributed by atoms with Gasteiger partial charge in [0.05, 0.1) is 6.26 Å². The minimum absolute atomic E-state index is 0.00776. The quantitative estimate of drug-likeness (QED) is 0.879. The Morgan fingerprint density at radius 3 is 2.92 bits per heavy atom. The number of hydrogen-bond acceptors (Lipinski definition) is 4. The van der Waals surface area contributed by atoms with Crippen molar-refractivity contribution in [2.75, 3.05) is 13.1 Å². The molecule has 1 aliphatic heterocycles. The number of amides is 2. The van der Waals surface area contributed by atoms with Crippen LogP contribution < -0.4 is 5.32 Å². The van der Waals surface area contributed by atoms with E-state index in [4.69, 9.17) is 4.42 Å². The number of nitrogens with one attached hydrogen (secondary N) is 2. The fourth-order valence-electron chi connectivity index (χ4n) is 4.73. The van der Waals surface area contributed by atoms with Crippen molar-refractivity contribution in [3.8, 4) is 11.5 Å². The van der Waals surface area contributed by atoms with Gasteiger partial charge in [-0.15, -0.1) is 0 Å². The van der Waals surface area contributed by atoms with Crippen LogP contribution in [0, 0.1) is 17.8 Å². The fourth-order valence-corrected chi connectivity index (χ4v) is 4.73. The van der Waals surface area contributed by atoms with E-state index < -0.39 is 0 Å². The summed E-state index contributed by atoms with van der Waals surface area (Å²) < 4.78 is 5.30. The highest BCUT2D eigenvalue weighted by atomic mass is 16.3. The van der Waals surface area contributed by atoms with E-state index in [-0.39, 0.29) is 17.9 Å². The lowest BCUT2D eigenvalue weighted by Crippen LogP contribution is -2.40. The third-order valence-corrected chi connectivity index (χ3v) is 6.18. The molecule has 2 unspecified atom stereocenters. The average Bonchev–Trinajstić information content (AvgIpc) is 3.42. The SMILES string of the molecule is O=C(NC1CCN(C(=O)C2CC3CC2C3)C1)c1cc(-c2ccco2)[nH]n1. The highest BCUT2D eigenvalue weighted by Gasteiger charge is 2.49. The third kappa shape index (κ3) is 2.62. The predicted octanol–water partition coefficient (Wildman–Crippen LogP) is 2.05. The Kier molecular flexibility index (Phi) is 3.62. The van der Waals surface area contributed by atoms with Gasteiger partial charge in [0.2, 0.25) is 5.91 Å². The summed E-state index contributed by atoms with van der Waals surface area (Å²) in [7, 11) is 0. The van der Waals surface area contributed by atoms with Crippen molar-refractivity contribution in [2.24, 2.45) is 17.8 Å². The fraction of sp³-hybridized carbons (Fsp3) is 0.526. The van der Waals surface area contributed by atoms with Crippen LogP contribution in [0.4, 0.5) is 0 Å². The van der Waals surface area contributed by atoms with Crippen LogP contribution in [0.25, 0.3) is 11.5 Å². The lowest BCUT2D eigenvalue weighted by molar-refractivity contribution is -0.135. The molecule has 6 rings (SSSR count). The zero-order chi connectivity index (χ0) is 17.7. The van der Waals surface area contributed by atoms with Crippen LogP contribution in [0.5, 0.6) is 0 Å². The average molecular weight is 354 g/mol. The molecule has 136 valence electrons. The first-order chi connectivity index (χ1) is 12.7. The smallest absolute Gasteiger partial charge is 0.272 e. The summed E-state index contributed by atoms with van der Waals surface area (Å²) in [5, 5.41) is 9.89. The molecule has 3 heterocycles. The molecule has 2 atom stereocenters. The van der Waals surface area contributed by atoms with E-state index in [9.17, 15) is 9.59 Å². The van der Waals surface area contributed by atoms with E-state index >= 15 is 0 Å². The standard InChI is InChI=1S/C19H22N4O3/c24-18(16-9-15(21-22-16)17-2-1-5-26-17)20-13-3-4-23(10-13)19(25)14-8-11-6-12(14)7-11/h1-2,5,9,11-14H,3-4,6-8,10H2,(H,20,24)(H,21,22). The number of H-pyrrole nitrogens is 1. The second-order valence-corrected chi connectivity index (χ2v) is 7.83. The van der Waals surface area contributed by atoms with E-state index in [0.717, 1.165) is 25.3 Å². The van der Waals surface area contributed by atoms with Crippen LogP contribution in [0.15, 0.2) is 28.9 Å². The lowest BCUT2D eigenvalue weighted by atomic mass is 9.82. The Labute approximate surface area is 151 Å². The molecule has 26 heavy (non-hydrogen) atoms. The van der Waals surface area contributed by atoms with Gasteiger partial charge in [0.15, 0.2) is 11.5 Å². The van der Waals surface area contributed by atoms with Crippen molar-refractivity contribution in [3.63, 3.8) is 0 Å². The summed E-state index contributed by atoms with van der Waals surface area (Å²) >= 11 is 0. The normalized spacial score (nSPS) is 29.6. The van der Waals surface area contributed by atoms with Gasteiger partial charge in [0, 0.05) is 31.1 Å². The van der Waals surface area contributed by atoms with Gasteiger partial charge in [0.25, 0.3) is 5.91 Å². The van der Waals surface area contributed by atoms with Gasteiger partial charge in [-0.2, -0.15) is 5.10 Å². The first kappa shape index (κ1) is 15.7. The van der Waals surface area contributed by atoms with Gasteiger partial charge in [-0.1, -0.05) is 0 Å². The number of aromatic amines is 1. The Balaban J connectivity index is 1.18. The van der Waals surface area contributed by atoms with Gasteiger partial charge < -0.3 is 14.6 Å². The number of carbonyl (C=O) groups excluding carboxylic acids is 2. The summed E-state index contributed by atoms with van der Waals surface area (Å²) in [4.78, 5) is 27.1. The molecule has 2 aromatic rings. The van der Waals surface area contributed by atoms with Crippen molar-refractivity contribution in [1.29, 1.82) is 0 Å². The van der Waals surface area contributed by atoms with Crippen LogP contribution in [0.1, 0.15) is 36.2 Å². The summed E-state index contributed by atoms with van der Waals surface area (Å²) in [6, 6.07) is 5.27. The van der Waals surface area contributed by atoms with E-state index in [2.05, 4.69) is 15.5 Å². The molecule has 2 amide bonds. The Bertz CT molecular complexity index is 822. The number of likely N-dealkylation sites (tertiary alicyclic amines) is 1. The number of hydrogen-bond donors (Lipinski definition) is 2. The van der Waals surface area contributed by atoms with E-state index in [1.807, 2.05) is 11.0 Å². The number of furan rings is 1. The number of nitrogens with zero attached hydrogens (tertiary/aromatic N) is 2. The molecular formula is C19H22N4O3. The van der Waals surface area contributed by atoms with Gasteiger partial charge >= 0.3 is 0 Å². The zero-order valence-electron chi connectivity index (χ0n) is 14.5. The summed E-state index contributed by atoms with van der Waals surface area (Å²) in [5.74, 6) is 2.36. The van der Waals surface area contributed by atoms with Crippen LogP contribution in [0.3, 0.4) is 0 Å². The number of rotatable bonds is 4. The maximum atomic E-state index is 12.7. The molecule has 3 aliphatic carbocycles. The van der Waals surface area contributed by atoms with Gasteiger partial charge in [0.1, 0.15) is 5.69 Å². The van der Waals surface area contributed by atoms with Gasteiger partial charge in [-0.3, -0.25) is 14.7 Å². The second-order valence-electron chi connectivity index (χ2n) is 7.83. The maximum Gasteiger partial charge on any atom is 0.272 e. The monoisotopic (exact) mass is 354 g/mol. The first-order valence-corrected chi connectivity index (χ1v) is 9.36. The van der Waals surface area contributed by atoms with Crippen LogP contribution in [-0.2, 0) is 4.79 Å². The van der Waals surface area contributed by atoms with Crippen molar-refractivity contribution in [1.82, 2.24) is 20.4 Å². The molecular weight excluding hydrogens is 332 g/mol. The molecule has 7 nitrogen and oxygen atoms in total. The molecule has 3 saturated carbocycles. The van der Waals surface area contributed by atoms with E-state index in [0.29, 0.717) is 35.5 Å². The van der Waals surface area contributed by atoms with Crippen LogP contribution in [0.2, 0.25) is 0 Å². The predicted molar refractivity (Wildman–Crippen MR) is 93.1 cm³/mol. The molecule has 0 aromatic carbocycles. The Morgan fingerprint density at radius 1 is 1.31 bits per heavy atom. The van der Waals surface area contributed by atoms with E-state index in [1.54, 1.807) is 18.4 Å². The molecule has 2 bridgehead atoms. The highest BCUT2D eigenvalue weighted by molar-refractivity contribution is 5.93. The van der Waals surface area contributed by atoms with Crippen LogP contribution in [-0.4, -0.2) is 46.0 Å². The van der Waals surface area contributed by atoms with Crippen molar-refractivity contribution in [3.05, 3.63) is 30.2 Å². The number of fused-ring (bicyclic) bond motifs is 1. The van der Waals surface area contributed by atoms with Gasteiger partial charge in [-0.05, 0) is 49.7 Å². The van der Waals surface area contributed by atoms with Crippen molar-refractivity contribution in [2.45, 2.75) is 31.7 Å². The van der Waals surface area contributed by atoms with Crippen molar-refractivity contribution < 1.29 is 14.0 Å². The Morgan fingerprint density at radius 2 is 2.19 bits per heavy atom. The molecule has 4 aliphatic rings. The molecule has 2 aromatic heterocycles. The largest absolute Gasteiger partial charge is 0.463 e. The van der Waals surface area contributed by atoms with Crippen molar-refractivity contribution >= 4 is 11.8 Å². The molecule has 4 fully saturated rings. The highest BCUT2D eigenvalue weighted by Crippen LogP contribution is 2.53. The first-order valence-electron chi connectivity index (χ1n) is 9.36. The number of aromatic nitrogens is 2. The molecule has 1 saturated heterocycles. The minimum atomic E-state index is -0.221. The number of carbonyl (C=O) groups is 2. The molecule has 0 radical (unpaired) electrons.